The molecule has 2 aromatic carbocycles. The van der Waals surface area contributed by atoms with Crippen LogP contribution in [0.4, 0.5) is 16.3 Å². The largest absolute Gasteiger partial charge is 0.416 e. The zero-order valence-electron chi connectivity index (χ0n) is 22.4. The van der Waals surface area contributed by atoms with Gasteiger partial charge in [-0.3, -0.25) is 20.4 Å². The summed E-state index contributed by atoms with van der Waals surface area (Å²) in [6.45, 7) is 3.39. The molecule has 6 rings (SSSR count). The number of ether oxygens (including phenoxy) is 1. The summed E-state index contributed by atoms with van der Waals surface area (Å²) in [5.41, 5.74) is 4.77. The van der Waals surface area contributed by atoms with E-state index in [1.807, 2.05) is 54.6 Å². The molecule has 212 valence electrons. The second kappa shape index (κ2) is 11.8. The quantitative estimate of drug-likeness (QED) is 0.417. The minimum absolute atomic E-state index is 0.158. The van der Waals surface area contributed by atoms with E-state index < -0.39 is 11.7 Å². The predicted octanol–water partition coefficient (Wildman–Crippen LogP) is 4.17. The van der Waals surface area contributed by atoms with E-state index >= 15 is 0 Å². The summed E-state index contributed by atoms with van der Waals surface area (Å²) in [5, 5.41) is 6.66. The molecular weight excluding hydrogens is 544 g/mol. The van der Waals surface area contributed by atoms with Gasteiger partial charge in [-0.15, -0.1) is 0 Å². The summed E-state index contributed by atoms with van der Waals surface area (Å²) in [6, 6.07) is 21.1. The van der Waals surface area contributed by atoms with Crippen molar-refractivity contribution < 1.29 is 19.2 Å². The monoisotopic (exact) mass is 574 g/mol. The molecule has 1 spiro atoms. The summed E-state index contributed by atoms with van der Waals surface area (Å²) in [4.78, 5) is 41.0. The molecule has 0 radical (unpaired) electrons. The van der Waals surface area contributed by atoms with E-state index in [1.165, 1.54) is 0 Å². The highest BCUT2D eigenvalue weighted by molar-refractivity contribution is 6.32. The van der Waals surface area contributed by atoms with Crippen molar-refractivity contribution in [3.05, 3.63) is 89.4 Å². The van der Waals surface area contributed by atoms with Gasteiger partial charge in [-0.05, 0) is 61.3 Å². The first-order valence-corrected chi connectivity index (χ1v) is 14.1. The third-order valence-electron chi connectivity index (χ3n) is 7.65. The van der Waals surface area contributed by atoms with Crippen molar-refractivity contribution >= 4 is 35.1 Å². The first-order valence-electron chi connectivity index (χ1n) is 13.7. The molecule has 0 atom stereocenters. The predicted molar refractivity (Wildman–Crippen MR) is 156 cm³/mol. The number of halogens is 1. The minimum atomic E-state index is -0.909. The topological polar surface area (TPSA) is 108 Å². The standard InChI is InChI=1S/C30H31ClN6O4/c31-24-7-4-14-33-27(24)36-17-19-37(20-18-36)28(38)25-26(30(41-35-25)12-15-32-16-13-30)40-29(39)34-23-10-8-22(9-11-23)21-5-2-1-3-6-21/h1-11,14,32,35H,12-13,15-20H2,(H,34,39). The van der Waals surface area contributed by atoms with Crippen LogP contribution in [0, 0.1) is 0 Å². The minimum Gasteiger partial charge on any atom is -0.409 e. The van der Waals surface area contributed by atoms with Gasteiger partial charge in [-0.25, -0.2) is 9.78 Å². The lowest BCUT2D eigenvalue weighted by atomic mass is 9.89. The van der Waals surface area contributed by atoms with Gasteiger partial charge in [0.1, 0.15) is 5.82 Å². The van der Waals surface area contributed by atoms with Gasteiger partial charge in [-0.2, -0.15) is 0 Å². The van der Waals surface area contributed by atoms with Crippen LogP contribution in [0.3, 0.4) is 0 Å². The molecule has 2 amide bonds. The Morgan fingerprint density at radius 1 is 0.927 bits per heavy atom. The summed E-state index contributed by atoms with van der Waals surface area (Å²) in [5.74, 6) is 0.647. The van der Waals surface area contributed by atoms with Gasteiger partial charge >= 0.3 is 6.09 Å². The maximum Gasteiger partial charge on any atom is 0.416 e. The maximum absolute atomic E-state index is 13.7. The van der Waals surface area contributed by atoms with Gasteiger partial charge in [0.15, 0.2) is 17.1 Å². The fourth-order valence-corrected chi connectivity index (χ4v) is 5.66. The number of benzene rings is 2. The SMILES string of the molecule is O=C(Nc1ccc(-c2ccccc2)cc1)OC1=C(C(=O)N2CCN(c3ncccc3Cl)CC2)NOC12CCNCC2. The summed E-state index contributed by atoms with van der Waals surface area (Å²) >= 11 is 6.33. The molecule has 4 heterocycles. The number of carbonyl (C=O) groups excluding carboxylic acids is 2. The van der Waals surface area contributed by atoms with Crippen molar-refractivity contribution in [1.29, 1.82) is 0 Å². The first kappa shape index (κ1) is 27.1. The van der Waals surface area contributed by atoms with E-state index in [2.05, 4.69) is 26.0 Å². The Morgan fingerprint density at radius 3 is 2.34 bits per heavy atom. The zero-order valence-corrected chi connectivity index (χ0v) is 23.2. The lowest BCUT2D eigenvalue weighted by Gasteiger charge is -2.35. The van der Waals surface area contributed by atoms with Crippen molar-refractivity contribution in [1.82, 2.24) is 20.7 Å². The zero-order chi connectivity index (χ0) is 28.2. The number of rotatable bonds is 5. The number of nitrogens with one attached hydrogen (secondary N) is 3. The number of hydrogen-bond acceptors (Lipinski definition) is 8. The van der Waals surface area contributed by atoms with Crippen molar-refractivity contribution in [3.8, 4) is 11.1 Å². The van der Waals surface area contributed by atoms with E-state index in [0.29, 0.717) is 68.6 Å². The summed E-state index contributed by atoms with van der Waals surface area (Å²) in [7, 11) is 0. The number of amides is 2. The molecule has 0 bridgehead atoms. The van der Waals surface area contributed by atoms with Crippen molar-refractivity contribution in [2.45, 2.75) is 18.4 Å². The Hall–Kier alpha value is -4.12. The Kier molecular flexibility index (Phi) is 7.78. The van der Waals surface area contributed by atoms with E-state index in [1.54, 1.807) is 23.2 Å². The number of hydroxylamine groups is 1. The van der Waals surface area contributed by atoms with Crippen molar-refractivity contribution in [2.24, 2.45) is 0 Å². The van der Waals surface area contributed by atoms with Crippen LogP contribution < -0.4 is 21.0 Å². The van der Waals surface area contributed by atoms with Gasteiger partial charge in [0, 0.05) is 38.1 Å². The van der Waals surface area contributed by atoms with Crippen LogP contribution in [0.25, 0.3) is 11.1 Å². The number of pyridine rings is 1. The van der Waals surface area contributed by atoms with Crippen molar-refractivity contribution in [2.75, 3.05) is 49.5 Å². The summed E-state index contributed by atoms with van der Waals surface area (Å²) in [6.07, 6.45) is 2.13. The highest BCUT2D eigenvalue weighted by Gasteiger charge is 2.49. The van der Waals surface area contributed by atoms with E-state index in [0.717, 1.165) is 11.1 Å². The summed E-state index contributed by atoms with van der Waals surface area (Å²) < 4.78 is 5.88. The Balaban J connectivity index is 1.17. The normalized spacial score (nSPS) is 18.3. The highest BCUT2D eigenvalue weighted by atomic mass is 35.5. The second-order valence-corrected chi connectivity index (χ2v) is 10.6. The van der Waals surface area contributed by atoms with E-state index in [4.69, 9.17) is 21.2 Å². The molecule has 2 saturated heterocycles. The van der Waals surface area contributed by atoms with Crippen LogP contribution in [0.1, 0.15) is 12.8 Å². The van der Waals surface area contributed by atoms with Crippen LogP contribution >= 0.6 is 11.6 Å². The molecule has 3 aromatic rings. The van der Waals surface area contributed by atoms with E-state index in [9.17, 15) is 9.59 Å². The third-order valence-corrected chi connectivity index (χ3v) is 7.95. The van der Waals surface area contributed by atoms with Gasteiger partial charge in [-0.1, -0.05) is 54.1 Å². The van der Waals surface area contributed by atoms with Gasteiger partial charge < -0.3 is 19.9 Å². The molecule has 0 aliphatic carbocycles. The van der Waals surface area contributed by atoms with Gasteiger partial charge in [0.25, 0.3) is 5.91 Å². The molecule has 10 nitrogen and oxygen atoms in total. The van der Waals surface area contributed by atoms with Crippen LogP contribution in [0.15, 0.2) is 84.4 Å². The van der Waals surface area contributed by atoms with Crippen molar-refractivity contribution in [3.63, 3.8) is 0 Å². The number of aromatic nitrogens is 1. The molecule has 0 unspecified atom stereocenters. The first-order chi connectivity index (χ1) is 20.0. The average molecular weight is 575 g/mol. The lowest BCUT2D eigenvalue weighted by molar-refractivity contribution is -0.129. The molecule has 0 saturated carbocycles. The fourth-order valence-electron chi connectivity index (χ4n) is 5.42. The number of hydrogen-bond donors (Lipinski definition) is 3. The molecule has 3 N–H and O–H groups in total. The molecule has 3 aliphatic heterocycles. The van der Waals surface area contributed by atoms with Crippen LogP contribution in [0.5, 0.6) is 0 Å². The molecule has 41 heavy (non-hydrogen) atoms. The van der Waals surface area contributed by atoms with Crippen LogP contribution in [-0.2, 0) is 14.4 Å². The number of nitrogens with zero attached hydrogens (tertiary/aromatic N) is 3. The smallest absolute Gasteiger partial charge is 0.409 e. The number of piperazine rings is 1. The van der Waals surface area contributed by atoms with Gasteiger partial charge in [0.2, 0.25) is 0 Å². The molecule has 11 heteroatoms. The van der Waals surface area contributed by atoms with Crippen LogP contribution in [0.2, 0.25) is 5.02 Å². The Morgan fingerprint density at radius 2 is 1.63 bits per heavy atom. The molecule has 3 aliphatic rings. The Labute approximate surface area is 243 Å². The number of carbonyl (C=O) groups is 2. The number of piperidine rings is 1. The van der Waals surface area contributed by atoms with Gasteiger partial charge in [0.05, 0.1) is 5.02 Å². The average Bonchev–Trinajstić information content (AvgIpc) is 3.34. The number of anilines is 2. The van der Waals surface area contributed by atoms with Crippen LogP contribution in [-0.4, -0.2) is 66.8 Å². The molecule has 1 aromatic heterocycles. The third kappa shape index (κ3) is 5.72. The highest BCUT2D eigenvalue weighted by Crippen LogP contribution is 2.38. The molecular formula is C30H31ClN6O4. The molecule has 2 fully saturated rings. The van der Waals surface area contributed by atoms with E-state index in [-0.39, 0.29) is 17.4 Å². The fraction of sp³-hybridized carbons (Fsp3) is 0.300. The Bertz CT molecular complexity index is 1430. The second-order valence-electron chi connectivity index (χ2n) is 10.2. The maximum atomic E-state index is 13.7. The lowest BCUT2D eigenvalue weighted by Crippen LogP contribution is -2.50.